The Hall–Kier alpha value is -1.59. The van der Waals surface area contributed by atoms with Crippen molar-refractivity contribution in [2.75, 3.05) is 19.6 Å². The Bertz CT molecular complexity index is 576. The Balaban J connectivity index is 1.98. The molecule has 0 aliphatic rings. The molecule has 0 spiro atoms. The van der Waals surface area contributed by atoms with Gasteiger partial charge in [0.05, 0.1) is 6.54 Å². The highest BCUT2D eigenvalue weighted by Crippen LogP contribution is 2.29. The third-order valence-corrected chi connectivity index (χ3v) is 4.58. The summed E-state index contributed by atoms with van der Waals surface area (Å²) < 4.78 is 1.20. The van der Waals surface area contributed by atoms with Crippen LogP contribution in [0, 0.1) is 0 Å². The van der Waals surface area contributed by atoms with Crippen LogP contribution >= 0.6 is 11.3 Å². The molecule has 1 heterocycles. The molecule has 0 amide bonds. The molecule has 120 valence electrons. The van der Waals surface area contributed by atoms with Crippen molar-refractivity contribution >= 4 is 27.4 Å². The van der Waals surface area contributed by atoms with E-state index in [-0.39, 0.29) is 0 Å². The summed E-state index contributed by atoms with van der Waals surface area (Å²) in [5.41, 5.74) is 0. The predicted octanol–water partition coefficient (Wildman–Crippen LogP) is 3.29. The second kappa shape index (κ2) is 8.76. The van der Waals surface area contributed by atoms with Crippen LogP contribution in [0.1, 0.15) is 37.7 Å². The number of fused-ring (bicyclic) bond motifs is 1. The third-order valence-electron chi connectivity index (χ3n) is 3.36. The summed E-state index contributed by atoms with van der Waals surface area (Å²) in [6, 6.07) is 10.2. The third kappa shape index (κ3) is 4.71. The number of aliphatic imine (C=N–C) groups is 1. The lowest BCUT2D eigenvalue weighted by molar-refractivity contribution is 0.191. The minimum absolute atomic E-state index is 0.369. The van der Waals surface area contributed by atoms with Gasteiger partial charge in [0.15, 0.2) is 5.96 Å². The molecule has 0 fully saturated rings. The lowest BCUT2D eigenvalue weighted by Gasteiger charge is -2.12. The van der Waals surface area contributed by atoms with Crippen molar-refractivity contribution < 1.29 is 5.11 Å². The number of nitrogens with one attached hydrogen (secondary N) is 2. The summed E-state index contributed by atoms with van der Waals surface area (Å²) in [7, 11) is 0. The topological polar surface area (TPSA) is 56.7 Å². The molecule has 2 aromatic rings. The Labute approximate surface area is 136 Å². The second-order valence-corrected chi connectivity index (χ2v) is 6.32. The van der Waals surface area contributed by atoms with E-state index < -0.39 is 6.10 Å². The summed E-state index contributed by atoms with van der Waals surface area (Å²) >= 11 is 1.63. The summed E-state index contributed by atoms with van der Waals surface area (Å²) in [5.74, 6) is 0.774. The molecule has 0 aliphatic carbocycles. The molecule has 0 aliphatic heterocycles. The monoisotopic (exact) mass is 319 g/mol. The number of hydrogen-bond acceptors (Lipinski definition) is 3. The van der Waals surface area contributed by atoms with Gasteiger partial charge < -0.3 is 15.7 Å². The standard InChI is InChI=1S/C17H25N3OS/c1-3-5-10-19-17(18-4-2)20-12-14(21)16-11-13-8-6-7-9-15(13)22-16/h6-9,11,14,21H,3-5,10,12H2,1-2H3,(H2,18,19,20). The van der Waals surface area contributed by atoms with E-state index in [1.54, 1.807) is 11.3 Å². The molecule has 1 unspecified atom stereocenters. The molecule has 3 N–H and O–H groups in total. The number of hydrogen-bond donors (Lipinski definition) is 3. The first-order chi connectivity index (χ1) is 10.7. The number of guanidine groups is 1. The van der Waals surface area contributed by atoms with Crippen molar-refractivity contribution in [3.8, 4) is 0 Å². The van der Waals surface area contributed by atoms with Gasteiger partial charge in [0.25, 0.3) is 0 Å². The highest BCUT2D eigenvalue weighted by molar-refractivity contribution is 7.19. The van der Waals surface area contributed by atoms with E-state index in [0.717, 1.165) is 36.8 Å². The molecule has 2 rings (SSSR count). The number of aliphatic hydroxyl groups excluding tert-OH is 1. The van der Waals surface area contributed by atoms with E-state index in [0.29, 0.717) is 6.54 Å². The van der Waals surface area contributed by atoms with Crippen LogP contribution in [0.25, 0.3) is 10.1 Å². The molecular formula is C17H25N3OS. The molecule has 1 aromatic carbocycles. The second-order valence-electron chi connectivity index (χ2n) is 5.20. The van der Waals surface area contributed by atoms with Crippen LogP contribution in [-0.2, 0) is 0 Å². The minimum Gasteiger partial charge on any atom is -0.386 e. The maximum atomic E-state index is 10.4. The molecule has 4 nitrogen and oxygen atoms in total. The van der Waals surface area contributed by atoms with Gasteiger partial charge >= 0.3 is 0 Å². The van der Waals surface area contributed by atoms with Gasteiger partial charge in [-0.15, -0.1) is 11.3 Å². The average Bonchev–Trinajstić information content (AvgIpc) is 2.96. The fourth-order valence-corrected chi connectivity index (χ4v) is 3.20. The largest absolute Gasteiger partial charge is 0.386 e. The highest BCUT2D eigenvalue weighted by Gasteiger charge is 2.11. The van der Waals surface area contributed by atoms with Crippen LogP contribution in [0.4, 0.5) is 0 Å². The first kappa shape index (κ1) is 16.8. The van der Waals surface area contributed by atoms with Crippen molar-refractivity contribution in [1.29, 1.82) is 0 Å². The van der Waals surface area contributed by atoms with Crippen molar-refractivity contribution in [2.24, 2.45) is 4.99 Å². The van der Waals surface area contributed by atoms with Crippen molar-refractivity contribution in [3.63, 3.8) is 0 Å². The number of nitrogens with zero attached hydrogens (tertiary/aromatic N) is 1. The molecule has 0 radical (unpaired) electrons. The zero-order valence-corrected chi connectivity index (χ0v) is 14.1. The van der Waals surface area contributed by atoms with Crippen LogP contribution in [0.2, 0.25) is 0 Å². The lowest BCUT2D eigenvalue weighted by Crippen LogP contribution is -2.38. The Morgan fingerprint density at radius 2 is 2.09 bits per heavy atom. The maximum Gasteiger partial charge on any atom is 0.191 e. The smallest absolute Gasteiger partial charge is 0.191 e. The van der Waals surface area contributed by atoms with Crippen molar-refractivity contribution in [1.82, 2.24) is 10.6 Å². The number of rotatable bonds is 7. The molecule has 0 saturated carbocycles. The molecular weight excluding hydrogens is 294 g/mol. The van der Waals surface area contributed by atoms with Crippen LogP contribution in [0.3, 0.4) is 0 Å². The van der Waals surface area contributed by atoms with E-state index in [9.17, 15) is 5.11 Å². The molecule has 1 aromatic heterocycles. The summed E-state index contributed by atoms with van der Waals surface area (Å²) in [5, 5.41) is 18.0. The van der Waals surface area contributed by atoms with Gasteiger partial charge in [-0.05, 0) is 30.9 Å². The zero-order valence-electron chi connectivity index (χ0n) is 13.3. The molecule has 22 heavy (non-hydrogen) atoms. The predicted molar refractivity (Wildman–Crippen MR) is 95.7 cm³/mol. The maximum absolute atomic E-state index is 10.4. The Morgan fingerprint density at radius 1 is 1.27 bits per heavy atom. The number of thiophene rings is 1. The van der Waals surface area contributed by atoms with Gasteiger partial charge in [-0.3, -0.25) is 4.99 Å². The fourth-order valence-electron chi connectivity index (χ4n) is 2.16. The minimum atomic E-state index is -0.556. The SMILES string of the molecule is CCCCNC(=NCC(O)c1cc2ccccc2s1)NCC. The van der Waals surface area contributed by atoms with Gasteiger partial charge in [0.1, 0.15) is 6.10 Å². The van der Waals surface area contributed by atoms with E-state index in [4.69, 9.17) is 0 Å². The van der Waals surface area contributed by atoms with Crippen LogP contribution < -0.4 is 10.6 Å². The van der Waals surface area contributed by atoms with E-state index in [1.165, 1.54) is 10.1 Å². The van der Waals surface area contributed by atoms with E-state index >= 15 is 0 Å². The average molecular weight is 319 g/mol. The van der Waals surface area contributed by atoms with Gasteiger partial charge in [-0.25, -0.2) is 0 Å². The van der Waals surface area contributed by atoms with Crippen molar-refractivity contribution in [3.05, 3.63) is 35.2 Å². The summed E-state index contributed by atoms with van der Waals surface area (Å²) in [6.45, 7) is 6.29. The van der Waals surface area contributed by atoms with Crippen LogP contribution in [0.15, 0.2) is 35.3 Å². The zero-order chi connectivity index (χ0) is 15.8. The first-order valence-electron chi connectivity index (χ1n) is 7.93. The normalized spacial score (nSPS) is 13.3. The molecule has 5 heteroatoms. The van der Waals surface area contributed by atoms with Crippen LogP contribution in [0.5, 0.6) is 0 Å². The molecule has 0 saturated heterocycles. The molecule has 0 bridgehead atoms. The van der Waals surface area contributed by atoms with E-state index in [1.807, 2.05) is 19.1 Å². The van der Waals surface area contributed by atoms with E-state index in [2.05, 4.69) is 40.7 Å². The lowest BCUT2D eigenvalue weighted by atomic mass is 10.2. The Morgan fingerprint density at radius 3 is 2.82 bits per heavy atom. The van der Waals surface area contributed by atoms with Crippen LogP contribution in [-0.4, -0.2) is 30.7 Å². The van der Waals surface area contributed by atoms with Gasteiger partial charge in [0, 0.05) is 22.7 Å². The number of aliphatic hydroxyl groups is 1. The number of unbranched alkanes of at least 4 members (excludes halogenated alkanes) is 1. The van der Waals surface area contributed by atoms with Crippen molar-refractivity contribution in [2.45, 2.75) is 32.8 Å². The Kier molecular flexibility index (Phi) is 6.68. The van der Waals surface area contributed by atoms with Gasteiger partial charge in [0.2, 0.25) is 0 Å². The number of benzene rings is 1. The highest BCUT2D eigenvalue weighted by atomic mass is 32.1. The fraction of sp³-hybridized carbons (Fsp3) is 0.471. The van der Waals surface area contributed by atoms with Gasteiger partial charge in [-0.1, -0.05) is 31.5 Å². The quantitative estimate of drug-likeness (QED) is 0.417. The summed E-state index contributed by atoms with van der Waals surface area (Å²) in [6.07, 6.45) is 1.71. The molecule has 1 atom stereocenters. The first-order valence-corrected chi connectivity index (χ1v) is 8.75. The van der Waals surface area contributed by atoms with Gasteiger partial charge in [-0.2, -0.15) is 0 Å². The summed E-state index contributed by atoms with van der Waals surface area (Å²) in [4.78, 5) is 5.45.